The first-order chi connectivity index (χ1) is 24.2. The number of hydrogen-bond donors (Lipinski definition) is 6. The lowest BCUT2D eigenvalue weighted by molar-refractivity contribution is -0.330. The molecule has 8 aliphatic rings. The van der Waals surface area contributed by atoms with E-state index in [1.807, 2.05) is 0 Å². The van der Waals surface area contributed by atoms with Crippen LogP contribution < -0.4 is 0 Å². The maximum atomic E-state index is 14.2. The van der Waals surface area contributed by atoms with Gasteiger partial charge in [0.2, 0.25) is 0 Å². The highest BCUT2D eigenvalue weighted by Crippen LogP contribution is 2.71. The third-order valence-electron chi connectivity index (χ3n) is 15.6. The number of ketones is 1. The standard InChI is InChI=1S/C38H60O13/c1-17-5-10-38(48-14-17)18(2)28-26(51-38)13-22-20-12-24(39)23-11-19(6-8-36(23,3)21(20)7-9-37(22,28)4)49-35-33(45)31(43)30(42)27(50-35)16-47-34-32(44)29(41)25(40)15-46-34/h17-23,25-35,40-45H,5-16H2,1-4H3/t17?,18-,19+,20+,21-,22-,23+,25+,26-,27+,28-,29+,30+,31-,32-,33+,34+,35+,36+,37-,38+/m0/s1. The summed E-state index contributed by atoms with van der Waals surface area (Å²) in [5.41, 5.74) is -0.0420. The Labute approximate surface area is 300 Å². The predicted octanol–water partition coefficient (Wildman–Crippen LogP) is 1.26. The molecule has 13 nitrogen and oxygen atoms in total. The number of ether oxygens (including phenoxy) is 6. The Bertz CT molecular complexity index is 1290. The van der Waals surface area contributed by atoms with E-state index in [0.29, 0.717) is 54.8 Å². The van der Waals surface area contributed by atoms with Crippen LogP contribution in [0.4, 0.5) is 0 Å². The van der Waals surface area contributed by atoms with Crippen molar-refractivity contribution in [2.75, 3.05) is 19.8 Å². The molecule has 51 heavy (non-hydrogen) atoms. The maximum absolute atomic E-state index is 14.2. The molecular weight excluding hydrogens is 664 g/mol. The highest BCUT2D eigenvalue weighted by molar-refractivity contribution is 5.83. The number of fused-ring (bicyclic) bond motifs is 7. The lowest BCUT2D eigenvalue weighted by Gasteiger charge is -2.60. The molecule has 0 aromatic rings. The average Bonchev–Trinajstić information content (AvgIpc) is 3.55. The molecule has 4 aliphatic carbocycles. The highest BCUT2D eigenvalue weighted by atomic mass is 16.7. The van der Waals surface area contributed by atoms with Crippen LogP contribution >= 0.6 is 0 Å². The van der Waals surface area contributed by atoms with Crippen molar-refractivity contribution in [2.45, 2.75) is 159 Å². The second-order valence-electron chi connectivity index (χ2n) is 18.3. The predicted molar refractivity (Wildman–Crippen MR) is 177 cm³/mol. The molecule has 1 unspecified atom stereocenters. The minimum Gasteiger partial charge on any atom is -0.388 e. The van der Waals surface area contributed by atoms with Crippen LogP contribution in [0.25, 0.3) is 0 Å². The third-order valence-corrected chi connectivity index (χ3v) is 15.6. The number of carbonyl (C=O) groups is 1. The highest BCUT2D eigenvalue weighted by Gasteiger charge is 2.70. The van der Waals surface area contributed by atoms with Gasteiger partial charge in [0.25, 0.3) is 0 Å². The minimum atomic E-state index is -1.59. The van der Waals surface area contributed by atoms with Crippen molar-refractivity contribution in [1.29, 1.82) is 0 Å². The first-order valence-electron chi connectivity index (χ1n) is 19.6. The molecule has 8 rings (SSSR count). The first kappa shape index (κ1) is 37.1. The summed E-state index contributed by atoms with van der Waals surface area (Å²) in [7, 11) is 0. The normalized spacial score (nSPS) is 58.5. The molecule has 4 saturated heterocycles. The Kier molecular flexibility index (Phi) is 9.79. The molecule has 4 saturated carbocycles. The van der Waals surface area contributed by atoms with E-state index < -0.39 is 67.2 Å². The fourth-order valence-corrected chi connectivity index (χ4v) is 12.6. The van der Waals surface area contributed by atoms with Gasteiger partial charge in [-0.15, -0.1) is 0 Å². The molecule has 0 aromatic carbocycles. The monoisotopic (exact) mass is 724 g/mol. The fraction of sp³-hybridized carbons (Fsp3) is 0.974. The van der Waals surface area contributed by atoms with Gasteiger partial charge in [0, 0.05) is 24.7 Å². The summed E-state index contributed by atoms with van der Waals surface area (Å²) in [6, 6.07) is 0. The molecule has 0 amide bonds. The summed E-state index contributed by atoms with van der Waals surface area (Å²) in [6.07, 6.45) is -4.98. The number of aliphatic hydroxyl groups is 6. The number of hydrogen-bond acceptors (Lipinski definition) is 13. The second kappa shape index (κ2) is 13.4. The second-order valence-corrected chi connectivity index (χ2v) is 18.3. The number of aliphatic hydroxyl groups excluding tert-OH is 6. The maximum Gasteiger partial charge on any atom is 0.186 e. The van der Waals surface area contributed by atoms with Gasteiger partial charge in [-0.3, -0.25) is 4.79 Å². The Morgan fingerprint density at radius 1 is 0.804 bits per heavy atom. The summed E-state index contributed by atoms with van der Waals surface area (Å²) >= 11 is 0. The summed E-state index contributed by atoms with van der Waals surface area (Å²) in [4.78, 5) is 14.2. The minimum absolute atomic E-state index is 0.118. The average molecular weight is 725 g/mol. The fourth-order valence-electron chi connectivity index (χ4n) is 12.6. The molecule has 21 atom stereocenters. The van der Waals surface area contributed by atoms with Gasteiger partial charge < -0.3 is 59.1 Å². The summed E-state index contributed by atoms with van der Waals surface area (Å²) in [6.45, 7) is 9.54. The quantitative estimate of drug-likeness (QED) is 0.222. The van der Waals surface area contributed by atoms with Gasteiger partial charge in [-0.05, 0) is 85.4 Å². The molecular formula is C38H60O13. The molecule has 8 fully saturated rings. The Balaban J connectivity index is 0.910. The third kappa shape index (κ3) is 5.91. The van der Waals surface area contributed by atoms with Crippen molar-refractivity contribution in [2.24, 2.45) is 52.3 Å². The SMILES string of the molecule is CC1CC[C@@]2(OC1)O[C@H]1C[C@H]3[C@@H]4CC(=O)[C@H]5C[C@H](O[C@@H]6O[C@H](CO[C@H]7OC[C@@H](O)[C@@H](O)[C@@H]7O)[C@@H](O)[C@H](O)[C@H]6O)CC[C@]5(C)[C@H]4CC[C@]3(C)[C@H]1[C@@H]2C. The van der Waals surface area contributed by atoms with Crippen molar-refractivity contribution < 1.29 is 63.9 Å². The van der Waals surface area contributed by atoms with E-state index in [4.69, 9.17) is 28.4 Å². The summed E-state index contributed by atoms with van der Waals surface area (Å²) in [5, 5.41) is 62.1. The smallest absolute Gasteiger partial charge is 0.186 e. The largest absolute Gasteiger partial charge is 0.388 e. The van der Waals surface area contributed by atoms with Gasteiger partial charge in [-0.1, -0.05) is 27.7 Å². The van der Waals surface area contributed by atoms with Gasteiger partial charge in [0.05, 0.1) is 32.0 Å². The van der Waals surface area contributed by atoms with Crippen LogP contribution in [-0.2, 0) is 33.2 Å². The van der Waals surface area contributed by atoms with Gasteiger partial charge in [-0.25, -0.2) is 0 Å². The Morgan fingerprint density at radius 3 is 2.29 bits per heavy atom. The van der Waals surface area contributed by atoms with Crippen molar-refractivity contribution >= 4 is 5.78 Å². The van der Waals surface area contributed by atoms with Crippen LogP contribution in [0.1, 0.15) is 85.5 Å². The van der Waals surface area contributed by atoms with Crippen LogP contribution in [-0.4, -0.2) is 130 Å². The molecule has 0 bridgehead atoms. The van der Waals surface area contributed by atoms with Crippen molar-refractivity contribution in [3.8, 4) is 0 Å². The van der Waals surface area contributed by atoms with E-state index in [0.717, 1.165) is 45.1 Å². The van der Waals surface area contributed by atoms with E-state index in [1.165, 1.54) is 0 Å². The summed E-state index contributed by atoms with van der Waals surface area (Å²) < 4.78 is 36.4. The van der Waals surface area contributed by atoms with Crippen LogP contribution in [0, 0.1) is 52.3 Å². The molecule has 4 aliphatic heterocycles. The van der Waals surface area contributed by atoms with Crippen molar-refractivity contribution in [1.82, 2.24) is 0 Å². The van der Waals surface area contributed by atoms with E-state index in [-0.39, 0.29) is 41.8 Å². The molecule has 4 heterocycles. The van der Waals surface area contributed by atoms with Crippen LogP contribution in [0.2, 0.25) is 0 Å². The Hall–Kier alpha value is -0.810. The number of carbonyl (C=O) groups excluding carboxylic acids is 1. The first-order valence-corrected chi connectivity index (χ1v) is 19.6. The molecule has 13 heteroatoms. The number of rotatable bonds is 5. The lowest BCUT2D eigenvalue weighted by Crippen LogP contribution is -2.61. The van der Waals surface area contributed by atoms with E-state index in [9.17, 15) is 35.4 Å². The van der Waals surface area contributed by atoms with Gasteiger partial charge >= 0.3 is 0 Å². The van der Waals surface area contributed by atoms with E-state index in [1.54, 1.807) is 0 Å². The molecule has 0 aromatic heterocycles. The molecule has 290 valence electrons. The van der Waals surface area contributed by atoms with E-state index >= 15 is 0 Å². The van der Waals surface area contributed by atoms with Crippen molar-refractivity contribution in [3.05, 3.63) is 0 Å². The zero-order valence-corrected chi connectivity index (χ0v) is 30.4. The molecule has 0 radical (unpaired) electrons. The van der Waals surface area contributed by atoms with Crippen LogP contribution in [0.3, 0.4) is 0 Å². The molecule has 1 spiro atoms. The number of Topliss-reactive ketones (excluding diaryl/α,β-unsaturated/α-hetero) is 1. The van der Waals surface area contributed by atoms with Gasteiger partial charge in [-0.2, -0.15) is 0 Å². The van der Waals surface area contributed by atoms with E-state index in [2.05, 4.69) is 27.7 Å². The van der Waals surface area contributed by atoms with Crippen molar-refractivity contribution in [3.63, 3.8) is 0 Å². The molecule has 6 N–H and O–H groups in total. The lowest BCUT2D eigenvalue weighted by atomic mass is 9.44. The van der Waals surface area contributed by atoms with Gasteiger partial charge in [0.15, 0.2) is 18.4 Å². The van der Waals surface area contributed by atoms with Crippen LogP contribution in [0.5, 0.6) is 0 Å². The summed E-state index contributed by atoms with van der Waals surface area (Å²) in [5.74, 6) is 2.18. The van der Waals surface area contributed by atoms with Crippen LogP contribution in [0.15, 0.2) is 0 Å². The van der Waals surface area contributed by atoms with Gasteiger partial charge in [0.1, 0.15) is 48.5 Å². The zero-order valence-electron chi connectivity index (χ0n) is 30.4. The topological polar surface area (TPSA) is 194 Å². The Morgan fingerprint density at radius 2 is 1.55 bits per heavy atom. The zero-order chi connectivity index (χ0) is 36.2.